The molecule has 1 N–H and O–H groups in total. The average molecular weight is 207 g/mol. The van der Waals surface area contributed by atoms with Gasteiger partial charge in [0.05, 0.1) is 6.61 Å². The van der Waals surface area contributed by atoms with Gasteiger partial charge in [-0.3, -0.25) is 0 Å². The summed E-state index contributed by atoms with van der Waals surface area (Å²) >= 11 is 0. The van der Waals surface area contributed by atoms with Gasteiger partial charge in [0.2, 0.25) is 0 Å². The molecule has 15 heavy (non-hydrogen) atoms. The highest BCUT2D eigenvalue weighted by Gasteiger charge is 1.91. The van der Waals surface area contributed by atoms with Crippen molar-refractivity contribution in [1.29, 1.82) is 0 Å². The van der Waals surface area contributed by atoms with E-state index in [0.29, 0.717) is 0 Å². The number of nitrogens with one attached hydrogen (secondary N) is 1. The minimum Gasteiger partial charge on any atom is -0.383 e. The lowest BCUT2D eigenvalue weighted by Crippen LogP contribution is -2.09. The summed E-state index contributed by atoms with van der Waals surface area (Å²) in [5, 5.41) is 3.32. The van der Waals surface area contributed by atoms with Crippen LogP contribution in [0.2, 0.25) is 0 Å². The highest BCUT2D eigenvalue weighted by molar-refractivity contribution is 5.44. The van der Waals surface area contributed by atoms with Crippen LogP contribution in [-0.4, -0.2) is 19.8 Å². The normalized spacial score (nSPS) is 10.3. The Kier molecular flexibility index (Phi) is 5.86. The van der Waals surface area contributed by atoms with Gasteiger partial charge < -0.3 is 10.1 Å². The monoisotopic (exact) mass is 207 g/mol. The van der Waals surface area contributed by atoms with Gasteiger partial charge in [-0.05, 0) is 25.5 Å². The highest BCUT2D eigenvalue weighted by Crippen LogP contribution is 2.07. The molecule has 0 aliphatic heterocycles. The molecule has 84 valence electrons. The molecule has 0 spiro atoms. The van der Waals surface area contributed by atoms with Crippen LogP contribution in [0.1, 0.15) is 25.3 Å². The lowest BCUT2D eigenvalue weighted by Gasteiger charge is -2.07. The zero-order valence-corrected chi connectivity index (χ0v) is 9.75. The largest absolute Gasteiger partial charge is 0.383 e. The van der Waals surface area contributed by atoms with Crippen molar-refractivity contribution in [2.45, 2.75) is 26.7 Å². The molecule has 0 unspecified atom stereocenters. The van der Waals surface area contributed by atoms with E-state index in [-0.39, 0.29) is 0 Å². The van der Waals surface area contributed by atoms with E-state index >= 15 is 0 Å². The summed E-state index contributed by atoms with van der Waals surface area (Å²) in [4.78, 5) is 0. The molecule has 0 fully saturated rings. The zero-order chi connectivity index (χ0) is 10.9. The summed E-state index contributed by atoms with van der Waals surface area (Å²) in [6.45, 7) is 6.82. The van der Waals surface area contributed by atoms with E-state index in [9.17, 15) is 0 Å². The van der Waals surface area contributed by atoms with Crippen molar-refractivity contribution in [3.63, 3.8) is 0 Å². The van der Waals surface area contributed by atoms with E-state index in [2.05, 4.69) is 43.4 Å². The quantitative estimate of drug-likeness (QED) is 0.693. The van der Waals surface area contributed by atoms with Gasteiger partial charge in [0.1, 0.15) is 0 Å². The molecule has 0 atom stereocenters. The summed E-state index contributed by atoms with van der Waals surface area (Å²) in [6.07, 6.45) is 2.36. The topological polar surface area (TPSA) is 21.3 Å². The molecule has 1 aromatic rings. The summed E-state index contributed by atoms with van der Waals surface area (Å²) in [6, 6.07) is 8.42. The summed E-state index contributed by atoms with van der Waals surface area (Å²) in [7, 11) is 0. The Bertz CT molecular complexity index is 256. The zero-order valence-electron chi connectivity index (χ0n) is 9.75. The molecule has 2 nitrogen and oxygen atoms in total. The van der Waals surface area contributed by atoms with Crippen LogP contribution in [0.3, 0.4) is 0 Å². The van der Waals surface area contributed by atoms with Crippen molar-refractivity contribution >= 4 is 5.69 Å². The van der Waals surface area contributed by atoms with Crippen molar-refractivity contribution in [3.05, 3.63) is 29.8 Å². The molecule has 0 aliphatic carbocycles. The lowest BCUT2D eigenvalue weighted by atomic mass is 10.2. The minimum absolute atomic E-state index is 0.786. The Morgan fingerprint density at radius 1 is 1.13 bits per heavy atom. The summed E-state index contributed by atoms with van der Waals surface area (Å²) in [5.41, 5.74) is 2.46. The first-order valence-corrected chi connectivity index (χ1v) is 5.71. The van der Waals surface area contributed by atoms with Crippen LogP contribution in [-0.2, 0) is 4.74 Å². The lowest BCUT2D eigenvalue weighted by molar-refractivity contribution is 0.141. The summed E-state index contributed by atoms with van der Waals surface area (Å²) < 4.78 is 5.46. The molecule has 0 amide bonds. The average Bonchev–Trinajstić information content (AvgIpc) is 2.26. The van der Waals surface area contributed by atoms with Gasteiger partial charge in [-0.25, -0.2) is 0 Å². The molecular formula is C13H21NO. The Morgan fingerprint density at radius 2 is 1.87 bits per heavy atom. The number of rotatable bonds is 7. The van der Waals surface area contributed by atoms with E-state index in [0.717, 1.165) is 26.2 Å². The fourth-order valence-electron chi connectivity index (χ4n) is 1.29. The molecular weight excluding hydrogens is 186 g/mol. The third kappa shape index (κ3) is 5.43. The molecule has 0 radical (unpaired) electrons. The second-order valence-corrected chi connectivity index (χ2v) is 3.76. The first-order valence-electron chi connectivity index (χ1n) is 5.71. The van der Waals surface area contributed by atoms with Crippen LogP contribution in [0, 0.1) is 6.92 Å². The van der Waals surface area contributed by atoms with Gasteiger partial charge in [0.25, 0.3) is 0 Å². The van der Waals surface area contributed by atoms with Gasteiger partial charge in [-0.15, -0.1) is 0 Å². The van der Waals surface area contributed by atoms with Crippen LogP contribution < -0.4 is 5.32 Å². The van der Waals surface area contributed by atoms with E-state index in [1.54, 1.807) is 0 Å². The molecule has 0 aromatic heterocycles. The molecule has 2 heteroatoms. The smallest absolute Gasteiger partial charge is 0.0639 e. The molecule has 1 rings (SSSR count). The standard InChI is InChI=1S/C13H21NO/c1-3-4-10-15-11-9-14-13-7-5-12(2)6-8-13/h5-8,14H,3-4,9-11H2,1-2H3. The van der Waals surface area contributed by atoms with Crippen LogP contribution in [0.5, 0.6) is 0 Å². The molecule has 0 heterocycles. The first-order chi connectivity index (χ1) is 7.33. The van der Waals surface area contributed by atoms with Gasteiger partial charge in [0, 0.05) is 18.8 Å². The Labute approximate surface area is 92.6 Å². The Balaban J connectivity index is 2.07. The minimum atomic E-state index is 0.786. The fourth-order valence-corrected chi connectivity index (χ4v) is 1.29. The number of benzene rings is 1. The second kappa shape index (κ2) is 7.30. The highest BCUT2D eigenvalue weighted by atomic mass is 16.5. The van der Waals surface area contributed by atoms with Crippen molar-refractivity contribution in [2.75, 3.05) is 25.1 Å². The van der Waals surface area contributed by atoms with Crippen LogP contribution in [0.25, 0.3) is 0 Å². The number of anilines is 1. The molecule has 0 aliphatic rings. The third-order valence-electron chi connectivity index (χ3n) is 2.27. The number of unbranched alkanes of at least 4 members (excludes halogenated alkanes) is 1. The van der Waals surface area contributed by atoms with E-state index in [1.807, 2.05) is 0 Å². The van der Waals surface area contributed by atoms with Gasteiger partial charge in [-0.1, -0.05) is 31.0 Å². The second-order valence-electron chi connectivity index (χ2n) is 3.76. The van der Waals surface area contributed by atoms with Gasteiger partial charge in [-0.2, -0.15) is 0 Å². The van der Waals surface area contributed by atoms with Crippen molar-refractivity contribution in [2.24, 2.45) is 0 Å². The van der Waals surface area contributed by atoms with Gasteiger partial charge >= 0.3 is 0 Å². The van der Waals surface area contributed by atoms with E-state index in [4.69, 9.17) is 4.74 Å². The summed E-state index contributed by atoms with van der Waals surface area (Å²) in [5.74, 6) is 0. The number of aryl methyl sites for hydroxylation is 1. The van der Waals surface area contributed by atoms with Crippen molar-refractivity contribution < 1.29 is 4.74 Å². The van der Waals surface area contributed by atoms with Crippen LogP contribution >= 0.6 is 0 Å². The van der Waals surface area contributed by atoms with Crippen molar-refractivity contribution in [1.82, 2.24) is 0 Å². The van der Waals surface area contributed by atoms with Crippen LogP contribution in [0.15, 0.2) is 24.3 Å². The Morgan fingerprint density at radius 3 is 2.53 bits per heavy atom. The van der Waals surface area contributed by atoms with E-state index < -0.39 is 0 Å². The number of hydrogen-bond acceptors (Lipinski definition) is 2. The van der Waals surface area contributed by atoms with Gasteiger partial charge in [0.15, 0.2) is 0 Å². The molecule has 0 bridgehead atoms. The molecule has 0 saturated heterocycles. The number of ether oxygens (including phenoxy) is 1. The van der Waals surface area contributed by atoms with E-state index in [1.165, 1.54) is 17.7 Å². The maximum atomic E-state index is 5.46. The SMILES string of the molecule is CCCCOCCNc1ccc(C)cc1. The predicted octanol–water partition coefficient (Wildman–Crippen LogP) is 3.22. The maximum absolute atomic E-state index is 5.46. The maximum Gasteiger partial charge on any atom is 0.0639 e. The first kappa shape index (κ1) is 12.1. The fraction of sp³-hybridized carbons (Fsp3) is 0.538. The Hall–Kier alpha value is -1.02. The van der Waals surface area contributed by atoms with Crippen molar-refractivity contribution in [3.8, 4) is 0 Å². The number of hydrogen-bond donors (Lipinski definition) is 1. The van der Waals surface area contributed by atoms with Crippen LogP contribution in [0.4, 0.5) is 5.69 Å². The third-order valence-corrected chi connectivity index (χ3v) is 2.27. The molecule has 1 aromatic carbocycles. The predicted molar refractivity (Wildman–Crippen MR) is 65.4 cm³/mol. The molecule has 0 saturated carbocycles.